The summed E-state index contributed by atoms with van der Waals surface area (Å²) in [5.41, 5.74) is 5.38. The summed E-state index contributed by atoms with van der Waals surface area (Å²) in [7, 11) is 0. The second kappa shape index (κ2) is 4.16. The van der Waals surface area contributed by atoms with Gasteiger partial charge in [0.15, 0.2) is 5.84 Å². The van der Waals surface area contributed by atoms with Crippen molar-refractivity contribution in [2.45, 2.75) is 25.2 Å². The van der Waals surface area contributed by atoms with E-state index in [1.165, 1.54) is 0 Å². The third-order valence-electron chi connectivity index (χ3n) is 3.66. The van der Waals surface area contributed by atoms with Gasteiger partial charge in [0.2, 0.25) is 0 Å². The minimum atomic E-state index is -2.54. The summed E-state index contributed by atoms with van der Waals surface area (Å²) in [5.74, 6) is -2.94. The highest BCUT2D eigenvalue weighted by Gasteiger charge is 2.50. The molecule has 1 saturated heterocycles. The standard InChI is InChI=1S/C10H17F2N3O/c11-10(12)3-1-2-7-4-15(5-8(7)10)6-9(13)14-16/h7-8,16H,1-6H2,(H2,13,14)/t7-,8-/m1/s1. The molecule has 0 aromatic carbocycles. The molecule has 0 bridgehead atoms. The summed E-state index contributed by atoms with van der Waals surface area (Å²) >= 11 is 0. The first-order chi connectivity index (χ1) is 7.53. The van der Waals surface area contributed by atoms with E-state index in [-0.39, 0.29) is 24.7 Å². The highest BCUT2D eigenvalue weighted by atomic mass is 19.3. The fraction of sp³-hybridized carbons (Fsp3) is 0.900. The van der Waals surface area contributed by atoms with Gasteiger partial charge in [-0.2, -0.15) is 0 Å². The number of amidine groups is 1. The van der Waals surface area contributed by atoms with Gasteiger partial charge in [0.25, 0.3) is 5.92 Å². The zero-order valence-electron chi connectivity index (χ0n) is 9.07. The lowest BCUT2D eigenvalue weighted by Gasteiger charge is -2.32. The smallest absolute Gasteiger partial charge is 0.252 e. The molecule has 0 radical (unpaired) electrons. The van der Waals surface area contributed by atoms with Gasteiger partial charge in [0.1, 0.15) is 0 Å². The first-order valence-corrected chi connectivity index (χ1v) is 5.59. The van der Waals surface area contributed by atoms with Gasteiger partial charge in [0, 0.05) is 25.4 Å². The van der Waals surface area contributed by atoms with Crippen molar-refractivity contribution in [2.75, 3.05) is 19.6 Å². The van der Waals surface area contributed by atoms with Crippen LogP contribution in [0.1, 0.15) is 19.3 Å². The number of alkyl halides is 2. The number of oxime groups is 1. The van der Waals surface area contributed by atoms with Crippen molar-refractivity contribution in [3.05, 3.63) is 0 Å². The molecule has 6 heteroatoms. The summed E-state index contributed by atoms with van der Waals surface area (Å²) in [4.78, 5) is 1.85. The molecule has 0 aromatic rings. The summed E-state index contributed by atoms with van der Waals surface area (Å²) in [6, 6.07) is 0. The van der Waals surface area contributed by atoms with Crippen LogP contribution in [-0.4, -0.2) is 41.5 Å². The first kappa shape index (κ1) is 11.6. The fourth-order valence-electron chi connectivity index (χ4n) is 2.91. The molecule has 2 atom stereocenters. The third kappa shape index (κ3) is 2.11. The highest BCUT2D eigenvalue weighted by molar-refractivity contribution is 5.81. The number of halogens is 2. The van der Waals surface area contributed by atoms with Gasteiger partial charge in [-0.05, 0) is 18.8 Å². The Hall–Kier alpha value is -0.910. The molecule has 2 rings (SSSR count). The molecule has 2 aliphatic rings. The maximum Gasteiger partial charge on any atom is 0.252 e. The zero-order valence-corrected chi connectivity index (χ0v) is 9.07. The van der Waals surface area contributed by atoms with Crippen molar-refractivity contribution in [1.29, 1.82) is 0 Å². The van der Waals surface area contributed by atoms with E-state index in [0.29, 0.717) is 19.5 Å². The monoisotopic (exact) mass is 233 g/mol. The number of rotatable bonds is 2. The van der Waals surface area contributed by atoms with Gasteiger partial charge < -0.3 is 10.9 Å². The summed E-state index contributed by atoms with van der Waals surface area (Å²) in [6.07, 6.45) is 1.48. The average Bonchev–Trinajstić information content (AvgIpc) is 2.61. The molecule has 1 heterocycles. The Balaban J connectivity index is 2.00. The van der Waals surface area contributed by atoms with E-state index in [2.05, 4.69) is 5.16 Å². The lowest BCUT2D eigenvalue weighted by atomic mass is 9.79. The Morgan fingerprint density at radius 3 is 2.88 bits per heavy atom. The van der Waals surface area contributed by atoms with Crippen LogP contribution in [0.25, 0.3) is 0 Å². The molecule has 0 unspecified atom stereocenters. The molecular formula is C10H17F2N3O. The number of nitrogens with two attached hydrogens (primary N) is 1. The quantitative estimate of drug-likeness (QED) is 0.325. The number of likely N-dealkylation sites (tertiary alicyclic amines) is 1. The molecule has 1 aliphatic heterocycles. The van der Waals surface area contributed by atoms with Crippen molar-refractivity contribution in [2.24, 2.45) is 22.7 Å². The minimum Gasteiger partial charge on any atom is -0.409 e. The maximum atomic E-state index is 13.6. The van der Waals surface area contributed by atoms with E-state index >= 15 is 0 Å². The van der Waals surface area contributed by atoms with Crippen molar-refractivity contribution in [3.63, 3.8) is 0 Å². The van der Waals surface area contributed by atoms with Crippen molar-refractivity contribution in [3.8, 4) is 0 Å². The molecule has 16 heavy (non-hydrogen) atoms. The molecule has 0 amide bonds. The predicted octanol–water partition coefficient (Wildman–Crippen LogP) is 1.10. The molecular weight excluding hydrogens is 216 g/mol. The number of hydrogen-bond donors (Lipinski definition) is 2. The summed E-state index contributed by atoms with van der Waals surface area (Å²) in [6.45, 7) is 1.27. The Morgan fingerprint density at radius 2 is 2.25 bits per heavy atom. The number of hydrogen-bond acceptors (Lipinski definition) is 3. The second-order valence-corrected chi connectivity index (χ2v) is 4.81. The van der Waals surface area contributed by atoms with Crippen LogP contribution in [0.3, 0.4) is 0 Å². The zero-order chi connectivity index (χ0) is 11.8. The fourth-order valence-corrected chi connectivity index (χ4v) is 2.91. The summed E-state index contributed by atoms with van der Waals surface area (Å²) in [5, 5.41) is 11.3. The number of fused-ring (bicyclic) bond motifs is 1. The number of nitrogens with zero attached hydrogens (tertiary/aromatic N) is 2. The van der Waals surface area contributed by atoms with E-state index in [1.807, 2.05) is 4.90 Å². The predicted molar refractivity (Wildman–Crippen MR) is 55.6 cm³/mol. The van der Waals surface area contributed by atoms with E-state index in [4.69, 9.17) is 10.9 Å². The van der Waals surface area contributed by atoms with E-state index < -0.39 is 11.8 Å². The topological polar surface area (TPSA) is 61.8 Å². The van der Waals surface area contributed by atoms with Gasteiger partial charge in [-0.15, -0.1) is 0 Å². The second-order valence-electron chi connectivity index (χ2n) is 4.81. The van der Waals surface area contributed by atoms with E-state index in [0.717, 1.165) is 6.42 Å². The SMILES string of the molecule is NC(CN1C[C@H]2CCCC(F)(F)[C@@H]2C1)=NO. The van der Waals surface area contributed by atoms with Crippen LogP contribution in [0.5, 0.6) is 0 Å². The van der Waals surface area contributed by atoms with Gasteiger partial charge in [-0.1, -0.05) is 5.16 Å². The summed E-state index contributed by atoms with van der Waals surface area (Å²) < 4.78 is 27.2. The van der Waals surface area contributed by atoms with Crippen molar-refractivity contribution >= 4 is 5.84 Å². The molecule has 1 aliphatic carbocycles. The van der Waals surface area contributed by atoms with Crippen LogP contribution in [0.4, 0.5) is 8.78 Å². The van der Waals surface area contributed by atoms with Crippen molar-refractivity contribution in [1.82, 2.24) is 4.90 Å². The molecule has 1 saturated carbocycles. The molecule has 92 valence electrons. The van der Waals surface area contributed by atoms with Crippen molar-refractivity contribution < 1.29 is 14.0 Å². The van der Waals surface area contributed by atoms with Gasteiger partial charge in [-0.25, -0.2) is 8.78 Å². The molecule has 2 fully saturated rings. The van der Waals surface area contributed by atoms with Crippen LogP contribution in [0, 0.1) is 11.8 Å². The largest absolute Gasteiger partial charge is 0.409 e. The van der Waals surface area contributed by atoms with E-state index in [9.17, 15) is 8.78 Å². The maximum absolute atomic E-state index is 13.6. The molecule has 0 spiro atoms. The normalized spacial score (nSPS) is 35.0. The van der Waals surface area contributed by atoms with Crippen LogP contribution < -0.4 is 5.73 Å². The Morgan fingerprint density at radius 1 is 1.50 bits per heavy atom. The Labute approximate surface area is 93.1 Å². The Bertz CT molecular complexity index is 296. The van der Waals surface area contributed by atoms with Gasteiger partial charge in [0.05, 0.1) is 6.54 Å². The van der Waals surface area contributed by atoms with Gasteiger partial charge in [-0.3, -0.25) is 4.90 Å². The lowest BCUT2D eigenvalue weighted by Crippen LogP contribution is -2.38. The van der Waals surface area contributed by atoms with Crippen LogP contribution in [0.15, 0.2) is 5.16 Å². The van der Waals surface area contributed by atoms with Crippen LogP contribution >= 0.6 is 0 Å². The Kier molecular flexibility index (Phi) is 3.01. The average molecular weight is 233 g/mol. The molecule has 0 aromatic heterocycles. The van der Waals surface area contributed by atoms with Gasteiger partial charge >= 0.3 is 0 Å². The van der Waals surface area contributed by atoms with Crippen LogP contribution in [-0.2, 0) is 0 Å². The highest BCUT2D eigenvalue weighted by Crippen LogP contribution is 2.45. The van der Waals surface area contributed by atoms with Crippen LogP contribution in [0.2, 0.25) is 0 Å². The molecule has 3 N–H and O–H groups in total. The van der Waals surface area contributed by atoms with E-state index in [1.54, 1.807) is 0 Å². The first-order valence-electron chi connectivity index (χ1n) is 5.59. The molecule has 4 nitrogen and oxygen atoms in total. The third-order valence-corrected chi connectivity index (χ3v) is 3.66. The minimum absolute atomic E-state index is 0.00553. The lowest BCUT2D eigenvalue weighted by molar-refractivity contribution is -0.0944.